The maximum absolute atomic E-state index is 12.8. The summed E-state index contributed by atoms with van der Waals surface area (Å²) in [4.78, 5) is 49.6. The van der Waals surface area contributed by atoms with Gasteiger partial charge in [0.2, 0.25) is 0 Å². The van der Waals surface area contributed by atoms with Crippen molar-refractivity contribution < 1.29 is 46.6 Å². The Bertz CT molecular complexity index is 1660. The second-order valence-corrected chi connectivity index (χ2v) is 40.8. The molecule has 22 atom stereocenters. The Kier molecular flexibility index (Phi) is 33.1. The molecule has 0 spiro atoms. The van der Waals surface area contributed by atoms with E-state index in [1.807, 2.05) is 62.3 Å². The fourth-order valence-electron chi connectivity index (χ4n) is 18.5. The predicted octanol–water partition coefficient (Wildman–Crippen LogP) is 16.1. The molecule has 0 radical (unpaired) electrons. The number of rotatable bonds is 14. The number of methoxy groups -OCH3 is 2. The molecule has 74 heavy (non-hydrogen) atoms. The molecule has 22 unspecified atom stereocenters. The van der Waals surface area contributed by atoms with Gasteiger partial charge in [-0.25, -0.2) is 0 Å². The molecule has 0 aromatic carbocycles. The molecule has 1 saturated heterocycles. The first-order valence-corrected chi connectivity index (χ1v) is 42.7. The molecule has 7 aliphatic carbocycles. The topological polar surface area (TPSA) is 96.0 Å². The molecule has 0 N–H and O–H groups in total. The van der Waals surface area contributed by atoms with Crippen LogP contribution in [-0.2, 0) is 33.4 Å². The average Bonchev–Trinajstić information content (AvgIpc) is 4.19. The van der Waals surface area contributed by atoms with Gasteiger partial charge in [0.1, 0.15) is 0 Å². The second kappa shape index (κ2) is 33.9. The Balaban J connectivity index is 0.00000197. The van der Waals surface area contributed by atoms with E-state index in [9.17, 15) is 19.2 Å². The molecule has 7 saturated carbocycles. The fraction of sp³-hybridized carbons (Fsp3) is 0.938. The summed E-state index contributed by atoms with van der Waals surface area (Å²) in [6.07, 6.45) is 21.5. The molecule has 0 amide bonds. The first-order chi connectivity index (χ1) is 34.4. The molecule has 10 heteroatoms. The van der Waals surface area contributed by atoms with Crippen LogP contribution < -0.4 is 13.3 Å². The molecule has 7 nitrogen and oxygen atoms in total. The van der Waals surface area contributed by atoms with E-state index >= 15 is 0 Å². The van der Waals surface area contributed by atoms with E-state index < -0.39 is 0 Å². The molecule has 438 valence electrons. The summed E-state index contributed by atoms with van der Waals surface area (Å²) >= 11 is 5.30. The Labute approximate surface area is 488 Å². The summed E-state index contributed by atoms with van der Waals surface area (Å²) in [5.74, 6) is 11.0. The maximum atomic E-state index is 12.8. The van der Waals surface area contributed by atoms with Gasteiger partial charge in [0.05, 0.1) is 26.1 Å². The van der Waals surface area contributed by atoms with E-state index in [2.05, 4.69) is 85.7 Å². The fourth-order valence-corrected chi connectivity index (χ4v) is 18.5. The zero-order valence-corrected chi connectivity index (χ0v) is 55.7. The molecule has 2 bridgehead atoms. The van der Waals surface area contributed by atoms with Crippen molar-refractivity contribution >= 4 is 61.1 Å². The van der Waals surface area contributed by atoms with Crippen LogP contribution in [0.2, 0.25) is 0 Å². The van der Waals surface area contributed by atoms with Gasteiger partial charge in [-0.05, 0) is 214 Å². The predicted molar refractivity (Wildman–Crippen MR) is 325 cm³/mol. The van der Waals surface area contributed by atoms with Gasteiger partial charge in [-0.3, -0.25) is 19.2 Å². The zero-order valence-electron chi connectivity index (χ0n) is 49.3. The normalized spacial score (nSPS) is 40.6. The third-order valence-electron chi connectivity index (χ3n) is 22.1. The summed E-state index contributed by atoms with van der Waals surface area (Å²) in [7, 11) is 3.01. The first kappa shape index (κ1) is 72.3. The average molecular weight is 1380 g/mol. The van der Waals surface area contributed by atoms with Crippen LogP contribution >= 0.6 is 37.2 Å². The summed E-state index contributed by atoms with van der Waals surface area (Å²) in [6.45, 7) is 36.1. The Hall–Kier alpha value is 0.270. The Morgan fingerprint density at radius 1 is 0.703 bits per heavy atom. The number of ether oxygens (including phenoxy) is 3. The number of esters is 4. The summed E-state index contributed by atoms with van der Waals surface area (Å²) in [6, 6.07) is 0. The van der Waals surface area contributed by atoms with Gasteiger partial charge in [0.25, 0.3) is 0 Å². The standard InChI is InChI=1S/C54H86O7.4C2H6.2CH4.I3/c1-29(11-13-41-38-25-39(27-49(56)60-10)43(26-38)44(41)28-42-34(6)51(57)61-52(42)58)36-19-31(3)37(24-36)22-35-17-18-53(7)40(23-35)20-32(4)50-46-15-14-45(30(2)12-16-48(55)59-9)54(46,8)33(5)21-47(50)53;4*1-2;;;1-3-2/h29-47,50H,11-28H2,1-10H3;4*1-2H3;2*1H4;/q;;;;;;;-1. The molecule has 1 aliphatic heterocycles. The van der Waals surface area contributed by atoms with Crippen LogP contribution in [0.25, 0.3) is 0 Å². The number of carbonyl (C=O) groups is 4. The molecule has 1 heterocycles. The van der Waals surface area contributed by atoms with E-state index in [1.165, 1.54) is 91.3 Å². The first-order valence-electron chi connectivity index (χ1n) is 30.2. The second-order valence-electron chi connectivity index (χ2n) is 24.6. The van der Waals surface area contributed by atoms with Crippen LogP contribution in [0.1, 0.15) is 241 Å². The van der Waals surface area contributed by atoms with Crippen LogP contribution in [0.3, 0.4) is 0 Å². The molecular weight excluding hydrogens is 1260 g/mol. The van der Waals surface area contributed by atoms with Gasteiger partial charge >= 0.3 is 74.4 Å². The number of cyclic esters (lactones) is 2. The van der Waals surface area contributed by atoms with E-state index in [0.717, 1.165) is 84.9 Å². The van der Waals surface area contributed by atoms with E-state index in [4.69, 9.17) is 14.2 Å². The number of halogens is 3. The van der Waals surface area contributed by atoms with Gasteiger partial charge in [-0.1, -0.05) is 132 Å². The Morgan fingerprint density at radius 3 is 1.91 bits per heavy atom. The minimum absolute atomic E-state index is 0. The van der Waals surface area contributed by atoms with Crippen LogP contribution in [0.5, 0.6) is 0 Å². The number of hydrogen-bond acceptors (Lipinski definition) is 7. The molecule has 0 aromatic rings. The van der Waals surface area contributed by atoms with E-state index in [0.29, 0.717) is 84.3 Å². The minimum atomic E-state index is -0.368. The molecule has 8 aliphatic rings. The Morgan fingerprint density at radius 2 is 1.32 bits per heavy atom. The van der Waals surface area contributed by atoms with Gasteiger partial charge in [0, 0.05) is 12.8 Å². The van der Waals surface area contributed by atoms with Crippen molar-refractivity contribution in [2.45, 2.75) is 241 Å². The van der Waals surface area contributed by atoms with Gasteiger partial charge < -0.3 is 14.2 Å². The third kappa shape index (κ3) is 16.0. The monoisotopic (exact) mass is 1380 g/mol. The summed E-state index contributed by atoms with van der Waals surface area (Å²) in [5, 5.41) is 0. The van der Waals surface area contributed by atoms with Crippen molar-refractivity contribution in [2.24, 2.45) is 129 Å². The number of fused-ring (bicyclic) bond motifs is 7. The van der Waals surface area contributed by atoms with E-state index in [-0.39, 0.29) is 50.6 Å². The van der Waals surface area contributed by atoms with Crippen LogP contribution in [-0.4, -0.2) is 38.1 Å². The molecule has 8 fully saturated rings. The molecular formula is C64H118I3O7-. The van der Waals surface area contributed by atoms with Crippen molar-refractivity contribution in [1.82, 2.24) is 0 Å². The summed E-state index contributed by atoms with van der Waals surface area (Å²) in [5.41, 5.74) is 0.870. The van der Waals surface area contributed by atoms with Crippen LogP contribution in [0.4, 0.5) is 0 Å². The van der Waals surface area contributed by atoms with Gasteiger partial charge in [0.15, 0.2) is 0 Å². The third-order valence-corrected chi connectivity index (χ3v) is 22.1. The van der Waals surface area contributed by atoms with Crippen molar-refractivity contribution in [3.05, 3.63) is 0 Å². The van der Waals surface area contributed by atoms with E-state index in [1.54, 1.807) is 0 Å². The van der Waals surface area contributed by atoms with Crippen LogP contribution in [0, 0.1) is 129 Å². The molecule has 0 aromatic heterocycles. The van der Waals surface area contributed by atoms with Crippen molar-refractivity contribution in [3.8, 4) is 0 Å². The molecule has 8 rings (SSSR count). The van der Waals surface area contributed by atoms with Crippen molar-refractivity contribution in [2.75, 3.05) is 14.2 Å². The van der Waals surface area contributed by atoms with Gasteiger partial charge in [-0.15, -0.1) is 0 Å². The quantitative estimate of drug-likeness (QED) is 0.0740. The number of hydrogen-bond donors (Lipinski definition) is 0. The van der Waals surface area contributed by atoms with Crippen molar-refractivity contribution in [3.63, 3.8) is 0 Å². The van der Waals surface area contributed by atoms with Gasteiger partial charge in [-0.2, -0.15) is 0 Å². The van der Waals surface area contributed by atoms with Crippen molar-refractivity contribution in [1.29, 1.82) is 0 Å². The zero-order chi connectivity index (χ0) is 54.4. The SMILES string of the molecule is C.C.CC.CC.CC.CC.COC(=O)CCC(C)C1CCC2C3C(C)CC4CC(CC5CC(C(C)CCC6C7CC(CC(=O)OC)C(C7)C6CC6C(=O)OC(=O)C6C)CC5C)CCC4(C)C3CC(C)C12C.I[I-]I. The summed E-state index contributed by atoms with van der Waals surface area (Å²) < 4.78 is 15.2. The van der Waals surface area contributed by atoms with Crippen LogP contribution in [0.15, 0.2) is 0 Å². The number of carbonyl (C=O) groups excluding carboxylic acids is 4.